The van der Waals surface area contributed by atoms with Crippen molar-refractivity contribution in [3.05, 3.63) is 78.2 Å². The largest absolute Gasteiger partial charge is 0.497 e. The summed E-state index contributed by atoms with van der Waals surface area (Å²) in [6.07, 6.45) is 5.03. The van der Waals surface area contributed by atoms with Gasteiger partial charge in [-0.1, -0.05) is 49.4 Å². The van der Waals surface area contributed by atoms with E-state index in [1.54, 1.807) is 31.7 Å². The summed E-state index contributed by atoms with van der Waals surface area (Å²) in [6.45, 7) is 6.86. The smallest absolute Gasteiger partial charge is 0.250 e. The first-order valence-corrected chi connectivity index (χ1v) is 14.5. The van der Waals surface area contributed by atoms with Crippen molar-refractivity contribution >= 4 is 23.5 Å². The maximum absolute atomic E-state index is 13.9. The standard InChI is InChI=1S/C32H42N6O5/c1-22-13-15-37(16-14-22)30(40)28(24-11-8-12-25(17-24)42-4)38-18-27(34-21-38)36-29(39)26(35-31(41)32(2,3)33)20-43-19-23-9-6-5-7-10-23/h5-12,17-18,21-22,26,28H,13-16,19-20,33H2,1-4H3,(H,35,41)(H,36,39). The van der Waals surface area contributed by atoms with Crippen molar-refractivity contribution in [2.24, 2.45) is 11.7 Å². The Balaban J connectivity index is 1.53. The molecule has 2 aromatic carbocycles. The van der Waals surface area contributed by atoms with Crippen LogP contribution in [-0.2, 0) is 25.7 Å². The summed E-state index contributed by atoms with van der Waals surface area (Å²) in [5.74, 6) is 0.357. The van der Waals surface area contributed by atoms with E-state index >= 15 is 0 Å². The fourth-order valence-corrected chi connectivity index (χ4v) is 4.81. The Bertz CT molecular complexity index is 1380. The highest BCUT2D eigenvalue weighted by Gasteiger charge is 2.32. The van der Waals surface area contributed by atoms with Crippen molar-refractivity contribution in [2.45, 2.75) is 57.8 Å². The highest BCUT2D eigenvalue weighted by atomic mass is 16.5. The zero-order valence-corrected chi connectivity index (χ0v) is 25.3. The van der Waals surface area contributed by atoms with Crippen molar-refractivity contribution in [3.63, 3.8) is 0 Å². The molecule has 230 valence electrons. The minimum Gasteiger partial charge on any atom is -0.497 e. The molecule has 2 heterocycles. The molecule has 0 bridgehead atoms. The number of benzene rings is 2. The molecule has 0 radical (unpaired) electrons. The van der Waals surface area contributed by atoms with E-state index in [2.05, 4.69) is 22.5 Å². The predicted octanol–water partition coefficient (Wildman–Crippen LogP) is 3.12. The normalized spacial score (nSPS) is 15.4. The summed E-state index contributed by atoms with van der Waals surface area (Å²) in [7, 11) is 1.58. The highest BCUT2D eigenvalue weighted by molar-refractivity contribution is 5.98. The van der Waals surface area contributed by atoms with E-state index in [9.17, 15) is 14.4 Å². The lowest BCUT2D eigenvalue weighted by Crippen LogP contribution is -2.56. The molecule has 2 atom stereocenters. The molecule has 1 aromatic heterocycles. The molecule has 3 aromatic rings. The van der Waals surface area contributed by atoms with E-state index in [4.69, 9.17) is 15.2 Å². The molecule has 43 heavy (non-hydrogen) atoms. The average Bonchev–Trinajstić information content (AvgIpc) is 3.44. The van der Waals surface area contributed by atoms with Gasteiger partial charge < -0.3 is 35.3 Å². The number of nitrogens with two attached hydrogens (primary N) is 1. The van der Waals surface area contributed by atoms with Crippen LogP contribution in [0.15, 0.2) is 67.1 Å². The SMILES string of the molecule is COc1cccc(C(C(=O)N2CCC(C)CC2)n2cnc(NC(=O)C(COCc3ccccc3)NC(=O)C(C)(C)N)c2)c1. The van der Waals surface area contributed by atoms with Gasteiger partial charge in [-0.15, -0.1) is 0 Å². The van der Waals surface area contributed by atoms with Crippen LogP contribution in [0.4, 0.5) is 5.82 Å². The Labute approximate surface area is 252 Å². The van der Waals surface area contributed by atoms with E-state index in [0.717, 1.165) is 24.0 Å². The van der Waals surface area contributed by atoms with Crippen LogP contribution < -0.4 is 21.1 Å². The number of carbonyl (C=O) groups excluding carboxylic acids is 3. The predicted molar refractivity (Wildman–Crippen MR) is 163 cm³/mol. The number of nitrogens with zero attached hydrogens (tertiary/aromatic N) is 3. The first-order valence-electron chi connectivity index (χ1n) is 14.5. The fourth-order valence-electron chi connectivity index (χ4n) is 4.81. The number of nitrogens with one attached hydrogen (secondary N) is 2. The number of piperidine rings is 1. The van der Waals surface area contributed by atoms with E-state index in [1.165, 1.54) is 6.33 Å². The van der Waals surface area contributed by atoms with Gasteiger partial charge in [0, 0.05) is 19.3 Å². The minimum absolute atomic E-state index is 0.0555. The Morgan fingerprint density at radius 2 is 1.81 bits per heavy atom. The zero-order valence-electron chi connectivity index (χ0n) is 25.3. The van der Waals surface area contributed by atoms with Crippen molar-refractivity contribution in [1.82, 2.24) is 19.8 Å². The van der Waals surface area contributed by atoms with Crippen molar-refractivity contribution in [2.75, 3.05) is 32.1 Å². The number of aromatic nitrogens is 2. The van der Waals surface area contributed by atoms with E-state index < -0.39 is 29.4 Å². The topological polar surface area (TPSA) is 141 Å². The number of imidazole rings is 1. The summed E-state index contributed by atoms with van der Waals surface area (Å²) < 4.78 is 12.9. The number of likely N-dealkylation sites (tertiary alicyclic amines) is 1. The second-order valence-corrected chi connectivity index (χ2v) is 11.6. The van der Waals surface area contributed by atoms with Gasteiger partial charge in [-0.25, -0.2) is 4.98 Å². The molecule has 1 aliphatic rings. The number of hydrogen-bond donors (Lipinski definition) is 3. The van der Waals surface area contributed by atoms with E-state index in [1.807, 2.05) is 59.5 Å². The Hall–Kier alpha value is -4.22. The van der Waals surface area contributed by atoms with Gasteiger partial charge in [-0.2, -0.15) is 0 Å². The number of methoxy groups -OCH3 is 1. The third-order valence-corrected chi connectivity index (χ3v) is 7.49. The molecule has 11 nitrogen and oxygen atoms in total. The second kappa shape index (κ2) is 14.3. The second-order valence-electron chi connectivity index (χ2n) is 11.6. The number of amides is 3. The van der Waals surface area contributed by atoms with Crippen LogP contribution >= 0.6 is 0 Å². The zero-order chi connectivity index (χ0) is 31.0. The lowest BCUT2D eigenvalue weighted by Gasteiger charge is -2.33. The van der Waals surface area contributed by atoms with Crippen LogP contribution in [0.25, 0.3) is 0 Å². The molecule has 1 saturated heterocycles. The average molecular weight is 591 g/mol. The van der Waals surface area contributed by atoms with Gasteiger partial charge in [0.1, 0.15) is 17.8 Å². The lowest BCUT2D eigenvalue weighted by atomic mass is 9.97. The Morgan fingerprint density at radius 1 is 1.09 bits per heavy atom. The maximum Gasteiger partial charge on any atom is 0.250 e. The molecule has 4 N–H and O–H groups in total. The van der Waals surface area contributed by atoms with Crippen LogP contribution in [0, 0.1) is 5.92 Å². The molecular formula is C32H42N6O5. The number of ether oxygens (including phenoxy) is 2. The first-order chi connectivity index (χ1) is 20.5. The molecule has 0 aliphatic carbocycles. The summed E-state index contributed by atoms with van der Waals surface area (Å²) in [6, 6.07) is 15.2. The molecule has 4 rings (SSSR count). The molecule has 0 spiro atoms. The summed E-state index contributed by atoms with van der Waals surface area (Å²) >= 11 is 0. The molecular weight excluding hydrogens is 548 g/mol. The molecule has 2 unspecified atom stereocenters. The first kappa shape index (κ1) is 31.7. The van der Waals surface area contributed by atoms with Crippen LogP contribution in [0.2, 0.25) is 0 Å². The quantitative estimate of drug-likeness (QED) is 0.294. The highest BCUT2D eigenvalue weighted by Crippen LogP contribution is 2.28. The number of anilines is 1. The van der Waals surface area contributed by atoms with Crippen molar-refractivity contribution in [1.29, 1.82) is 0 Å². The van der Waals surface area contributed by atoms with Crippen LogP contribution in [0.1, 0.15) is 50.8 Å². The third kappa shape index (κ3) is 8.65. The van der Waals surface area contributed by atoms with Crippen molar-refractivity contribution in [3.8, 4) is 5.75 Å². The van der Waals surface area contributed by atoms with Gasteiger partial charge in [0.25, 0.3) is 5.91 Å². The van der Waals surface area contributed by atoms with Gasteiger partial charge >= 0.3 is 0 Å². The molecule has 1 fully saturated rings. The molecule has 3 amide bonds. The summed E-state index contributed by atoms with van der Waals surface area (Å²) in [5, 5.41) is 5.45. The number of rotatable bonds is 12. The summed E-state index contributed by atoms with van der Waals surface area (Å²) in [4.78, 5) is 46.2. The van der Waals surface area contributed by atoms with Crippen LogP contribution in [-0.4, -0.2) is 70.6 Å². The van der Waals surface area contributed by atoms with Crippen LogP contribution in [0.3, 0.4) is 0 Å². The monoisotopic (exact) mass is 590 g/mol. The molecule has 1 aliphatic heterocycles. The van der Waals surface area contributed by atoms with Gasteiger partial charge in [-0.05, 0) is 55.9 Å². The molecule has 11 heteroatoms. The summed E-state index contributed by atoms with van der Waals surface area (Å²) in [5.41, 5.74) is 6.44. The van der Waals surface area contributed by atoms with Gasteiger partial charge in [0.15, 0.2) is 5.82 Å². The fraction of sp³-hybridized carbons (Fsp3) is 0.438. The van der Waals surface area contributed by atoms with Crippen molar-refractivity contribution < 1.29 is 23.9 Å². The number of carbonyl (C=O) groups is 3. The third-order valence-electron chi connectivity index (χ3n) is 7.49. The lowest BCUT2D eigenvalue weighted by molar-refractivity contribution is -0.135. The van der Waals surface area contributed by atoms with E-state index in [-0.39, 0.29) is 24.9 Å². The van der Waals surface area contributed by atoms with E-state index in [0.29, 0.717) is 24.8 Å². The van der Waals surface area contributed by atoms with Crippen LogP contribution in [0.5, 0.6) is 5.75 Å². The van der Waals surface area contributed by atoms with Gasteiger partial charge in [-0.3, -0.25) is 14.4 Å². The Kier molecular flexibility index (Phi) is 10.5. The minimum atomic E-state index is -1.20. The Morgan fingerprint density at radius 3 is 2.49 bits per heavy atom. The number of hydrogen-bond acceptors (Lipinski definition) is 7. The maximum atomic E-state index is 13.9. The molecule has 0 saturated carbocycles. The van der Waals surface area contributed by atoms with Gasteiger partial charge in [0.05, 0.1) is 32.2 Å². The van der Waals surface area contributed by atoms with Gasteiger partial charge in [0.2, 0.25) is 11.8 Å².